The summed E-state index contributed by atoms with van der Waals surface area (Å²) in [6, 6.07) is 0. The topological polar surface area (TPSA) is 29.5 Å². The molecule has 4 aliphatic carbocycles. The Morgan fingerprint density at radius 2 is 2.09 bits per heavy atom. The molecule has 6 atom stereocenters. The molecule has 0 aromatic carbocycles. The fraction of sp³-hybridized carbons (Fsp3) is 0.810. The third-order valence-corrected chi connectivity index (χ3v) is 7.97. The van der Waals surface area contributed by atoms with Gasteiger partial charge >= 0.3 is 0 Å². The van der Waals surface area contributed by atoms with Crippen LogP contribution in [0.3, 0.4) is 0 Å². The molecule has 2 saturated carbocycles. The van der Waals surface area contributed by atoms with E-state index in [4.69, 9.17) is 4.74 Å². The number of hydrogen-bond acceptors (Lipinski definition) is 2. The van der Waals surface area contributed by atoms with Crippen LogP contribution in [0.5, 0.6) is 0 Å². The molecule has 4 aliphatic rings. The highest BCUT2D eigenvalue weighted by Crippen LogP contribution is 2.63. The SMILES string of the molecule is COC1=CCC2=C(CC[C@@H]3[C@@H]2CC[C@@]2(C)[C@@H]3CC[C@H]2[C@@H](C)O)C1. The van der Waals surface area contributed by atoms with E-state index in [2.05, 4.69) is 13.0 Å². The Balaban J connectivity index is 1.59. The number of methoxy groups -OCH3 is 1. The number of aliphatic hydroxyl groups excluding tert-OH is 1. The highest BCUT2D eigenvalue weighted by molar-refractivity contribution is 5.32. The van der Waals surface area contributed by atoms with Crippen molar-refractivity contribution in [3.05, 3.63) is 23.0 Å². The maximum atomic E-state index is 10.3. The lowest BCUT2D eigenvalue weighted by molar-refractivity contribution is -0.0264. The molecule has 0 amide bonds. The molecule has 4 rings (SSSR count). The van der Waals surface area contributed by atoms with E-state index in [1.54, 1.807) is 11.1 Å². The second-order valence-corrected chi connectivity index (χ2v) is 8.77. The molecule has 0 spiro atoms. The zero-order chi connectivity index (χ0) is 16.2. The number of allylic oxidation sites excluding steroid dienone is 3. The Labute approximate surface area is 141 Å². The number of rotatable bonds is 2. The normalized spacial score (nSPS) is 44.1. The van der Waals surface area contributed by atoms with Gasteiger partial charge in [-0.15, -0.1) is 0 Å². The van der Waals surface area contributed by atoms with Gasteiger partial charge in [-0.2, -0.15) is 0 Å². The summed E-state index contributed by atoms with van der Waals surface area (Å²) >= 11 is 0. The molecular formula is C21H32O2. The molecule has 0 radical (unpaired) electrons. The first-order valence-electron chi connectivity index (χ1n) is 9.66. The molecule has 2 nitrogen and oxygen atoms in total. The zero-order valence-corrected chi connectivity index (χ0v) is 15.0. The molecule has 23 heavy (non-hydrogen) atoms. The predicted octanol–water partition coefficient (Wildman–Crippen LogP) is 4.84. The van der Waals surface area contributed by atoms with Crippen LogP contribution in [0.1, 0.15) is 65.2 Å². The van der Waals surface area contributed by atoms with Gasteiger partial charge in [0.1, 0.15) is 0 Å². The smallest absolute Gasteiger partial charge is 0.0959 e. The van der Waals surface area contributed by atoms with Crippen molar-refractivity contribution in [3.63, 3.8) is 0 Å². The summed E-state index contributed by atoms with van der Waals surface area (Å²) in [7, 11) is 1.81. The van der Waals surface area contributed by atoms with Gasteiger partial charge in [0.15, 0.2) is 0 Å². The number of hydrogen-bond donors (Lipinski definition) is 1. The van der Waals surface area contributed by atoms with Crippen molar-refractivity contribution in [2.45, 2.75) is 71.3 Å². The van der Waals surface area contributed by atoms with Crippen LogP contribution in [0.25, 0.3) is 0 Å². The molecule has 128 valence electrons. The van der Waals surface area contributed by atoms with E-state index in [9.17, 15) is 5.11 Å². The number of ether oxygens (including phenoxy) is 1. The van der Waals surface area contributed by atoms with Gasteiger partial charge in [0.05, 0.1) is 19.0 Å². The molecule has 0 unspecified atom stereocenters. The standard InChI is InChI=1S/C21H32O2/c1-13(22)19-8-9-20-18-6-4-14-12-15(23-3)5-7-16(14)17(18)10-11-21(19,20)2/h5,13,17-20,22H,4,6-12H2,1-3H3/t13-,17-,18-,19+,20-,21-/m1/s1. The second kappa shape index (κ2) is 5.65. The largest absolute Gasteiger partial charge is 0.501 e. The monoisotopic (exact) mass is 316 g/mol. The summed E-state index contributed by atoms with van der Waals surface area (Å²) in [6.07, 6.45) is 12.3. The molecule has 0 heterocycles. The van der Waals surface area contributed by atoms with Crippen LogP contribution in [0.2, 0.25) is 0 Å². The van der Waals surface area contributed by atoms with Crippen LogP contribution in [0, 0.1) is 29.1 Å². The van der Waals surface area contributed by atoms with Crippen molar-refractivity contribution in [2.75, 3.05) is 7.11 Å². The maximum absolute atomic E-state index is 10.3. The van der Waals surface area contributed by atoms with Gasteiger partial charge in [-0.1, -0.05) is 18.1 Å². The highest BCUT2D eigenvalue weighted by atomic mass is 16.5. The van der Waals surface area contributed by atoms with Crippen molar-refractivity contribution in [1.82, 2.24) is 0 Å². The Bertz CT molecular complexity index is 544. The molecule has 0 aromatic rings. The fourth-order valence-corrected chi connectivity index (χ4v) is 6.88. The van der Waals surface area contributed by atoms with Crippen LogP contribution in [0.15, 0.2) is 23.0 Å². The van der Waals surface area contributed by atoms with Gasteiger partial charge in [-0.05, 0) is 87.0 Å². The lowest BCUT2D eigenvalue weighted by atomic mass is 9.53. The minimum Gasteiger partial charge on any atom is -0.501 e. The molecule has 0 saturated heterocycles. The van der Waals surface area contributed by atoms with Crippen LogP contribution < -0.4 is 0 Å². The van der Waals surface area contributed by atoms with Crippen molar-refractivity contribution < 1.29 is 9.84 Å². The third kappa shape index (κ3) is 2.32. The Kier molecular flexibility index (Phi) is 3.87. The van der Waals surface area contributed by atoms with Crippen LogP contribution in [-0.2, 0) is 4.74 Å². The van der Waals surface area contributed by atoms with E-state index in [0.717, 1.165) is 30.6 Å². The molecular weight excluding hydrogens is 284 g/mol. The first-order valence-corrected chi connectivity index (χ1v) is 9.66. The summed E-state index contributed by atoms with van der Waals surface area (Å²) in [4.78, 5) is 0. The van der Waals surface area contributed by atoms with E-state index < -0.39 is 0 Å². The Morgan fingerprint density at radius 3 is 2.83 bits per heavy atom. The van der Waals surface area contributed by atoms with E-state index in [1.807, 2.05) is 14.0 Å². The van der Waals surface area contributed by atoms with Gasteiger partial charge in [-0.25, -0.2) is 0 Å². The quantitative estimate of drug-likeness (QED) is 0.739. The van der Waals surface area contributed by atoms with E-state index in [1.165, 1.54) is 44.3 Å². The van der Waals surface area contributed by atoms with Gasteiger partial charge in [0.2, 0.25) is 0 Å². The van der Waals surface area contributed by atoms with E-state index in [-0.39, 0.29) is 6.10 Å². The molecule has 2 heteroatoms. The summed E-state index contributed by atoms with van der Waals surface area (Å²) in [5.41, 5.74) is 3.85. The van der Waals surface area contributed by atoms with E-state index >= 15 is 0 Å². The predicted molar refractivity (Wildman–Crippen MR) is 92.8 cm³/mol. The molecule has 1 N–H and O–H groups in total. The first kappa shape index (κ1) is 15.7. The zero-order valence-electron chi connectivity index (χ0n) is 15.0. The van der Waals surface area contributed by atoms with Gasteiger partial charge in [0.25, 0.3) is 0 Å². The average Bonchev–Trinajstić information content (AvgIpc) is 2.91. The maximum Gasteiger partial charge on any atom is 0.0959 e. The minimum atomic E-state index is -0.137. The van der Waals surface area contributed by atoms with Crippen molar-refractivity contribution in [2.24, 2.45) is 29.1 Å². The van der Waals surface area contributed by atoms with Crippen molar-refractivity contribution >= 4 is 0 Å². The van der Waals surface area contributed by atoms with Crippen LogP contribution in [0.4, 0.5) is 0 Å². The summed E-state index contributed by atoms with van der Waals surface area (Å²) in [5, 5.41) is 10.3. The fourth-order valence-electron chi connectivity index (χ4n) is 6.88. The third-order valence-electron chi connectivity index (χ3n) is 7.97. The summed E-state index contributed by atoms with van der Waals surface area (Å²) in [6.45, 7) is 4.51. The average molecular weight is 316 g/mol. The lowest BCUT2D eigenvalue weighted by Crippen LogP contribution is -2.45. The van der Waals surface area contributed by atoms with Gasteiger partial charge < -0.3 is 9.84 Å². The number of fused-ring (bicyclic) bond motifs is 4. The number of aliphatic hydroxyl groups is 1. The highest BCUT2D eigenvalue weighted by Gasteiger charge is 2.55. The first-order chi connectivity index (χ1) is 11.0. The Morgan fingerprint density at radius 1 is 1.26 bits per heavy atom. The molecule has 0 aliphatic heterocycles. The van der Waals surface area contributed by atoms with E-state index in [0.29, 0.717) is 11.3 Å². The lowest BCUT2D eigenvalue weighted by Gasteiger charge is -2.52. The second-order valence-electron chi connectivity index (χ2n) is 8.77. The molecule has 0 bridgehead atoms. The summed E-state index contributed by atoms with van der Waals surface area (Å²) < 4.78 is 5.50. The van der Waals surface area contributed by atoms with Crippen LogP contribution in [-0.4, -0.2) is 18.3 Å². The molecule has 0 aromatic heterocycles. The van der Waals surface area contributed by atoms with Gasteiger partial charge in [-0.3, -0.25) is 0 Å². The molecule has 2 fully saturated rings. The van der Waals surface area contributed by atoms with Crippen molar-refractivity contribution in [3.8, 4) is 0 Å². The minimum absolute atomic E-state index is 0.137. The van der Waals surface area contributed by atoms with Crippen LogP contribution >= 0.6 is 0 Å². The van der Waals surface area contributed by atoms with Gasteiger partial charge in [0, 0.05) is 6.42 Å². The summed E-state index contributed by atoms with van der Waals surface area (Å²) in [5.74, 6) is 4.23. The van der Waals surface area contributed by atoms with Crippen molar-refractivity contribution in [1.29, 1.82) is 0 Å². The Hall–Kier alpha value is -0.760.